The molecule has 6 heteroatoms. The van der Waals surface area contributed by atoms with Gasteiger partial charge in [-0.2, -0.15) is 5.10 Å². The van der Waals surface area contributed by atoms with Crippen LogP contribution < -0.4 is 5.48 Å². The first-order chi connectivity index (χ1) is 11.3. The molecule has 0 atom stereocenters. The van der Waals surface area contributed by atoms with Crippen LogP contribution in [0.15, 0.2) is 60.1 Å². The Balaban J connectivity index is 2.00. The molecule has 1 amide bonds. The van der Waals surface area contributed by atoms with Crippen molar-refractivity contribution in [1.82, 2.24) is 15.3 Å². The van der Waals surface area contributed by atoms with Crippen LogP contribution in [0, 0.1) is 0 Å². The summed E-state index contributed by atoms with van der Waals surface area (Å²) in [6.45, 7) is 0. The summed E-state index contributed by atoms with van der Waals surface area (Å²) in [5, 5.41) is 6.66. The predicted molar refractivity (Wildman–Crippen MR) is 91.1 cm³/mol. The predicted octanol–water partition coefficient (Wildman–Crippen LogP) is 3.29. The SMILES string of the molecule is CONC(=O)C=Cc1cn(-c2ccccc2)nc1-c1cccs1. The van der Waals surface area contributed by atoms with Crippen molar-refractivity contribution in [2.45, 2.75) is 0 Å². The van der Waals surface area contributed by atoms with E-state index < -0.39 is 0 Å². The normalized spacial score (nSPS) is 11.0. The van der Waals surface area contributed by atoms with Crippen LogP contribution in [0.1, 0.15) is 5.56 Å². The number of carbonyl (C=O) groups excluding carboxylic acids is 1. The Morgan fingerprint density at radius 3 is 2.78 bits per heavy atom. The zero-order valence-corrected chi connectivity index (χ0v) is 13.3. The van der Waals surface area contributed by atoms with Crippen molar-refractivity contribution in [2.24, 2.45) is 0 Å². The summed E-state index contributed by atoms with van der Waals surface area (Å²) >= 11 is 1.61. The minimum atomic E-state index is -0.322. The Hall–Kier alpha value is -2.70. The summed E-state index contributed by atoms with van der Waals surface area (Å²) in [6, 6.07) is 13.8. The van der Waals surface area contributed by atoms with E-state index >= 15 is 0 Å². The Labute approximate surface area is 137 Å². The molecule has 0 aliphatic rings. The number of hydroxylamine groups is 1. The Bertz CT molecular complexity index is 808. The second-order valence-corrected chi connectivity index (χ2v) is 5.64. The lowest BCUT2D eigenvalue weighted by molar-refractivity contribution is -0.126. The first-order valence-electron chi connectivity index (χ1n) is 6.98. The summed E-state index contributed by atoms with van der Waals surface area (Å²) in [5.41, 5.74) is 4.92. The van der Waals surface area contributed by atoms with Gasteiger partial charge in [-0.1, -0.05) is 24.3 Å². The molecule has 0 spiro atoms. The van der Waals surface area contributed by atoms with Gasteiger partial charge in [0.05, 0.1) is 17.7 Å². The van der Waals surface area contributed by atoms with E-state index in [9.17, 15) is 4.79 Å². The second kappa shape index (κ2) is 7.04. The van der Waals surface area contributed by atoms with E-state index in [1.54, 1.807) is 17.4 Å². The number of benzene rings is 1. The van der Waals surface area contributed by atoms with Gasteiger partial charge >= 0.3 is 0 Å². The van der Waals surface area contributed by atoms with E-state index in [4.69, 9.17) is 0 Å². The smallest absolute Gasteiger partial charge is 0.267 e. The van der Waals surface area contributed by atoms with Gasteiger partial charge in [-0.15, -0.1) is 11.3 Å². The highest BCUT2D eigenvalue weighted by molar-refractivity contribution is 7.13. The van der Waals surface area contributed by atoms with Gasteiger partial charge in [0.1, 0.15) is 5.69 Å². The average molecular weight is 325 g/mol. The average Bonchev–Trinajstić information content (AvgIpc) is 3.23. The first-order valence-corrected chi connectivity index (χ1v) is 7.86. The number of para-hydroxylation sites is 1. The summed E-state index contributed by atoms with van der Waals surface area (Å²) in [7, 11) is 1.40. The fourth-order valence-corrected chi connectivity index (χ4v) is 2.86. The van der Waals surface area contributed by atoms with Crippen molar-refractivity contribution >= 4 is 23.3 Å². The molecule has 0 saturated heterocycles. The summed E-state index contributed by atoms with van der Waals surface area (Å²) in [6.07, 6.45) is 5.06. The highest BCUT2D eigenvalue weighted by Gasteiger charge is 2.11. The molecular weight excluding hydrogens is 310 g/mol. The zero-order valence-electron chi connectivity index (χ0n) is 12.5. The maximum atomic E-state index is 11.5. The number of amides is 1. The number of thiophene rings is 1. The molecular formula is C17H15N3O2S. The molecule has 3 aromatic rings. The Kier molecular flexibility index (Phi) is 4.65. The number of carbonyl (C=O) groups is 1. The van der Waals surface area contributed by atoms with E-state index in [-0.39, 0.29) is 5.91 Å². The third-order valence-electron chi connectivity index (χ3n) is 3.13. The number of hydrogen-bond acceptors (Lipinski definition) is 4. The summed E-state index contributed by atoms with van der Waals surface area (Å²) in [5.74, 6) is -0.322. The lowest BCUT2D eigenvalue weighted by Gasteiger charge is -1.99. The van der Waals surface area contributed by atoms with E-state index in [2.05, 4.69) is 15.4 Å². The first kappa shape index (κ1) is 15.2. The van der Waals surface area contributed by atoms with Crippen LogP contribution in [0.2, 0.25) is 0 Å². The molecule has 0 radical (unpaired) electrons. The maximum absolute atomic E-state index is 11.5. The van der Waals surface area contributed by atoms with Crippen LogP contribution in [-0.4, -0.2) is 22.8 Å². The quantitative estimate of drug-likeness (QED) is 0.578. The van der Waals surface area contributed by atoms with Gasteiger partial charge in [0, 0.05) is 17.8 Å². The minimum Gasteiger partial charge on any atom is -0.277 e. The standard InChI is InChI=1S/C17H15N3O2S/c1-22-19-16(21)10-9-13-12-20(14-6-3-2-4-7-14)18-17(13)15-8-5-11-23-15/h2-12H,1H3,(H,19,21). The van der Waals surface area contributed by atoms with Crippen LogP contribution in [0.25, 0.3) is 22.3 Å². The van der Waals surface area contributed by atoms with Crippen LogP contribution in [0.3, 0.4) is 0 Å². The maximum Gasteiger partial charge on any atom is 0.267 e. The Morgan fingerprint density at radius 2 is 2.09 bits per heavy atom. The number of nitrogens with one attached hydrogen (secondary N) is 1. The van der Waals surface area contributed by atoms with Crippen LogP contribution in [0.4, 0.5) is 0 Å². The van der Waals surface area contributed by atoms with Crippen molar-refractivity contribution < 1.29 is 9.63 Å². The fraction of sp³-hybridized carbons (Fsp3) is 0.0588. The minimum absolute atomic E-state index is 0.322. The van der Waals surface area contributed by atoms with Crippen LogP contribution in [-0.2, 0) is 9.63 Å². The number of hydrogen-bond donors (Lipinski definition) is 1. The lowest BCUT2D eigenvalue weighted by Crippen LogP contribution is -2.18. The molecule has 0 aliphatic carbocycles. The molecule has 23 heavy (non-hydrogen) atoms. The molecule has 3 rings (SSSR count). The van der Waals surface area contributed by atoms with E-state index in [1.807, 2.05) is 58.7 Å². The van der Waals surface area contributed by atoms with E-state index in [1.165, 1.54) is 13.2 Å². The van der Waals surface area contributed by atoms with Crippen molar-refractivity contribution in [2.75, 3.05) is 7.11 Å². The molecule has 0 unspecified atom stereocenters. The van der Waals surface area contributed by atoms with Gasteiger partial charge < -0.3 is 0 Å². The van der Waals surface area contributed by atoms with Crippen molar-refractivity contribution in [3.05, 3.63) is 65.7 Å². The van der Waals surface area contributed by atoms with Gasteiger partial charge in [0.15, 0.2) is 0 Å². The highest BCUT2D eigenvalue weighted by atomic mass is 32.1. The van der Waals surface area contributed by atoms with E-state index in [0.29, 0.717) is 0 Å². The van der Waals surface area contributed by atoms with Crippen LogP contribution >= 0.6 is 11.3 Å². The number of aromatic nitrogens is 2. The number of nitrogens with zero attached hydrogens (tertiary/aromatic N) is 2. The molecule has 0 saturated carbocycles. The van der Waals surface area contributed by atoms with Crippen molar-refractivity contribution in [1.29, 1.82) is 0 Å². The van der Waals surface area contributed by atoms with Gasteiger partial charge in [-0.05, 0) is 29.7 Å². The highest BCUT2D eigenvalue weighted by Crippen LogP contribution is 2.28. The molecule has 116 valence electrons. The van der Waals surface area contributed by atoms with E-state index in [0.717, 1.165) is 21.8 Å². The molecule has 5 nitrogen and oxygen atoms in total. The third kappa shape index (κ3) is 3.56. The molecule has 1 N–H and O–H groups in total. The number of rotatable bonds is 5. The van der Waals surface area contributed by atoms with Crippen LogP contribution in [0.5, 0.6) is 0 Å². The molecule has 2 aromatic heterocycles. The van der Waals surface area contributed by atoms with Gasteiger partial charge in [0.2, 0.25) is 0 Å². The molecule has 2 heterocycles. The van der Waals surface area contributed by atoms with Crippen molar-refractivity contribution in [3.8, 4) is 16.3 Å². The monoisotopic (exact) mass is 325 g/mol. The van der Waals surface area contributed by atoms with Gasteiger partial charge in [-0.3, -0.25) is 9.63 Å². The lowest BCUT2D eigenvalue weighted by atomic mass is 10.2. The largest absolute Gasteiger partial charge is 0.277 e. The molecule has 1 aromatic carbocycles. The van der Waals surface area contributed by atoms with Crippen molar-refractivity contribution in [3.63, 3.8) is 0 Å². The summed E-state index contributed by atoms with van der Waals surface area (Å²) in [4.78, 5) is 17.2. The van der Waals surface area contributed by atoms with Gasteiger partial charge in [-0.25, -0.2) is 10.2 Å². The third-order valence-corrected chi connectivity index (χ3v) is 4.01. The topological polar surface area (TPSA) is 56.1 Å². The second-order valence-electron chi connectivity index (χ2n) is 4.69. The zero-order chi connectivity index (χ0) is 16.1. The van der Waals surface area contributed by atoms with Gasteiger partial charge in [0.25, 0.3) is 5.91 Å². The summed E-state index contributed by atoms with van der Waals surface area (Å²) < 4.78 is 1.81. The molecule has 0 fully saturated rings. The fourth-order valence-electron chi connectivity index (χ4n) is 2.13. The Morgan fingerprint density at radius 1 is 1.26 bits per heavy atom. The molecule has 0 aliphatic heterocycles. The molecule has 0 bridgehead atoms.